The van der Waals surface area contributed by atoms with Gasteiger partial charge in [0.05, 0.1) is 4.92 Å². The van der Waals surface area contributed by atoms with E-state index in [1.807, 2.05) is 18.2 Å². The van der Waals surface area contributed by atoms with Crippen molar-refractivity contribution in [2.75, 3.05) is 10.6 Å². The molecule has 2 aromatic carbocycles. The monoisotopic (exact) mass is 443 g/mol. The predicted molar refractivity (Wildman–Crippen MR) is 114 cm³/mol. The number of nitro groups is 1. The van der Waals surface area contributed by atoms with Gasteiger partial charge in [-0.3, -0.25) is 10.1 Å². The van der Waals surface area contributed by atoms with E-state index in [2.05, 4.69) is 20.6 Å². The minimum atomic E-state index is -4.64. The number of nitrogens with one attached hydrogen (secondary N) is 2. The van der Waals surface area contributed by atoms with Gasteiger partial charge in [-0.15, -0.1) is 0 Å². The molecule has 0 unspecified atom stereocenters. The molecule has 1 saturated carbocycles. The lowest BCUT2D eigenvalue weighted by atomic mass is 9.97. The number of aromatic nitrogens is 2. The topological polar surface area (TPSA) is 93.0 Å². The summed E-state index contributed by atoms with van der Waals surface area (Å²) in [6, 6.07) is 12.8. The summed E-state index contributed by atoms with van der Waals surface area (Å²) >= 11 is 0. The fourth-order valence-corrected chi connectivity index (χ4v) is 3.81. The second-order valence-corrected chi connectivity index (χ2v) is 7.61. The molecule has 10 heteroatoms. The molecule has 4 rings (SSSR count). The van der Waals surface area contributed by atoms with Crippen LogP contribution < -0.4 is 10.6 Å². The van der Waals surface area contributed by atoms with Crippen LogP contribution in [0.1, 0.15) is 42.7 Å². The van der Waals surface area contributed by atoms with Gasteiger partial charge in [0.2, 0.25) is 5.95 Å². The average molecular weight is 443 g/mol. The summed E-state index contributed by atoms with van der Waals surface area (Å²) in [5.74, 6) is -0.0228. The van der Waals surface area contributed by atoms with E-state index in [1.165, 1.54) is 24.3 Å². The van der Waals surface area contributed by atoms with E-state index in [0.717, 1.165) is 31.2 Å². The van der Waals surface area contributed by atoms with Gasteiger partial charge in [-0.1, -0.05) is 25.0 Å². The lowest BCUT2D eigenvalue weighted by Crippen LogP contribution is -2.12. The summed E-state index contributed by atoms with van der Waals surface area (Å²) < 4.78 is 40.7. The number of rotatable bonds is 6. The van der Waals surface area contributed by atoms with Crippen molar-refractivity contribution >= 4 is 28.8 Å². The fraction of sp³-hybridized carbons (Fsp3) is 0.273. The number of nitrogens with zero attached hydrogens (tertiary/aromatic N) is 3. The van der Waals surface area contributed by atoms with Crippen molar-refractivity contribution in [2.45, 2.75) is 37.8 Å². The van der Waals surface area contributed by atoms with Gasteiger partial charge in [0.15, 0.2) is 0 Å². The lowest BCUT2D eigenvalue weighted by Gasteiger charge is -2.16. The van der Waals surface area contributed by atoms with E-state index in [-0.39, 0.29) is 17.5 Å². The van der Waals surface area contributed by atoms with Gasteiger partial charge in [-0.2, -0.15) is 18.2 Å². The summed E-state index contributed by atoms with van der Waals surface area (Å²) in [6.45, 7) is 0. The minimum absolute atomic E-state index is 0.0682. The van der Waals surface area contributed by atoms with Crippen molar-refractivity contribution in [1.29, 1.82) is 0 Å². The number of hydrogen-bond donors (Lipinski definition) is 2. The number of alkyl halides is 3. The molecule has 0 spiro atoms. The third-order valence-corrected chi connectivity index (χ3v) is 5.40. The van der Waals surface area contributed by atoms with Crippen molar-refractivity contribution < 1.29 is 18.1 Å². The van der Waals surface area contributed by atoms with Gasteiger partial charge in [-0.25, -0.2) is 4.98 Å². The zero-order valence-corrected chi connectivity index (χ0v) is 16.9. The van der Waals surface area contributed by atoms with Gasteiger partial charge in [0.25, 0.3) is 5.69 Å². The van der Waals surface area contributed by atoms with Crippen molar-refractivity contribution in [3.8, 4) is 0 Å². The first kappa shape index (κ1) is 21.5. The molecule has 32 heavy (non-hydrogen) atoms. The Morgan fingerprint density at radius 1 is 1.00 bits per heavy atom. The quantitative estimate of drug-likeness (QED) is 0.332. The van der Waals surface area contributed by atoms with Crippen LogP contribution in [-0.4, -0.2) is 14.9 Å². The molecule has 0 bridgehead atoms. The molecule has 7 nitrogen and oxygen atoms in total. The van der Waals surface area contributed by atoms with E-state index in [4.69, 9.17) is 0 Å². The van der Waals surface area contributed by atoms with Crippen LogP contribution in [-0.2, 0) is 6.18 Å². The molecule has 0 aliphatic heterocycles. The molecule has 0 atom stereocenters. The average Bonchev–Trinajstić information content (AvgIpc) is 3.29. The van der Waals surface area contributed by atoms with E-state index >= 15 is 0 Å². The fourth-order valence-electron chi connectivity index (χ4n) is 3.81. The first-order valence-corrected chi connectivity index (χ1v) is 10.1. The molecule has 0 radical (unpaired) electrons. The Bertz CT molecular complexity index is 1110. The molecule has 166 valence electrons. The molecule has 0 amide bonds. The highest BCUT2D eigenvalue weighted by atomic mass is 19.4. The van der Waals surface area contributed by atoms with E-state index in [0.29, 0.717) is 23.5 Å². The Hall–Kier alpha value is -3.69. The highest BCUT2D eigenvalue weighted by Gasteiger charge is 2.35. The van der Waals surface area contributed by atoms with Crippen LogP contribution in [0.2, 0.25) is 0 Å². The first-order valence-electron chi connectivity index (χ1n) is 10.1. The van der Waals surface area contributed by atoms with Gasteiger partial charge in [0.1, 0.15) is 11.4 Å². The van der Waals surface area contributed by atoms with Crippen molar-refractivity contribution in [1.82, 2.24) is 9.97 Å². The van der Waals surface area contributed by atoms with Crippen LogP contribution in [0.15, 0.2) is 54.7 Å². The van der Waals surface area contributed by atoms with Crippen LogP contribution in [0.4, 0.5) is 42.0 Å². The molecular formula is C22H20F3N5O2. The number of benzene rings is 2. The summed E-state index contributed by atoms with van der Waals surface area (Å²) in [7, 11) is 0. The third kappa shape index (κ3) is 4.96. The maximum absolute atomic E-state index is 13.6. The molecule has 1 aromatic heterocycles. The van der Waals surface area contributed by atoms with Gasteiger partial charge >= 0.3 is 6.18 Å². The highest BCUT2D eigenvalue weighted by Crippen LogP contribution is 2.37. The summed E-state index contributed by atoms with van der Waals surface area (Å²) in [5.41, 5.74) is 0.926. The number of non-ortho nitro benzene ring substituents is 1. The Labute approximate surface area is 181 Å². The van der Waals surface area contributed by atoms with Crippen molar-refractivity contribution in [3.63, 3.8) is 0 Å². The maximum Gasteiger partial charge on any atom is 0.421 e. The largest absolute Gasteiger partial charge is 0.421 e. The lowest BCUT2D eigenvalue weighted by molar-refractivity contribution is -0.384. The SMILES string of the molecule is O=[N+]([O-])c1ccc(Nc2ncc(C(F)(F)F)c(Nc3cccc(C4CCCC4)c3)n2)cc1. The van der Waals surface area contributed by atoms with Gasteiger partial charge in [0, 0.05) is 29.7 Å². The van der Waals surface area contributed by atoms with E-state index < -0.39 is 16.7 Å². The van der Waals surface area contributed by atoms with Crippen molar-refractivity contribution in [3.05, 3.63) is 76.0 Å². The molecule has 1 aliphatic rings. The van der Waals surface area contributed by atoms with E-state index in [1.54, 1.807) is 6.07 Å². The Kier molecular flexibility index (Phi) is 5.93. The second kappa shape index (κ2) is 8.81. The third-order valence-electron chi connectivity index (χ3n) is 5.40. The van der Waals surface area contributed by atoms with Crippen LogP contribution in [0.25, 0.3) is 0 Å². The van der Waals surface area contributed by atoms with Gasteiger partial charge in [-0.05, 0) is 48.6 Å². The maximum atomic E-state index is 13.6. The molecule has 1 aliphatic carbocycles. The number of anilines is 4. The minimum Gasteiger partial charge on any atom is -0.340 e. The number of halogens is 3. The zero-order chi connectivity index (χ0) is 22.7. The zero-order valence-electron chi connectivity index (χ0n) is 16.9. The standard InChI is InChI=1S/C22H20F3N5O2/c23-22(24,25)19-13-26-21(28-16-8-10-18(11-9-16)30(31)32)29-20(19)27-17-7-3-6-15(12-17)14-4-1-2-5-14/h3,6-14H,1-2,4-5H2,(H2,26,27,28,29). The van der Waals surface area contributed by atoms with Crippen LogP contribution >= 0.6 is 0 Å². The summed E-state index contributed by atoms with van der Waals surface area (Å²) in [6.07, 6.45) is 0.539. The molecule has 1 fully saturated rings. The molecule has 1 heterocycles. The Morgan fingerprint density at radius 2 is 1.72 bits per heavy atom. The first-order chi connectivity index (χ1) is 15.3. The summed E-state index contributed by atoms with van der Waals surface area (Å²) in [4.78, 5) is 18.0. The second-order valence-electron chi connectivity index (χ2n) is 7.61. The van der Waals surface area contributed by atoms with Crippen LogP contribution in [0, 0.1) is 10.1 Å². The van der Waals surface area contributed by atoms with Crippen LogP contribution in [0.3, 0.4) is 0 Å². The smallest absolute Gasteiger partial charge is 0.340 e. The molecule has 0 saturated heterocycles. The molecule has 3 aromatic rings. The predicted octanol–water partition coefficient (Wildman–Crippen LogP) is 6.55. The van der Waals surface area contributed by atoms with Gasteiger partial charge < -0.3 is 10.6 Å². The van der Waals surface area contributed by atoms with E-state index in [9.17, 15) is 23.3 Å². The highest BCUT2D eigenvalue weighted by molar-refractivity contribution is 5.64. The number of hydrogen-bond acceptors (Lipinski definition) is 6. The Balaban J connectivity index is 1.61. The molecule has 2 N–H and O–H groups in total. The molecular weight excluding hydrogens is 423 g/mol. The summed E-state index contributed by atoms with van der Waals surface area (Å²) in [5, 5.41) is 16.3. The van der Waals surface area contributed by atoms with Crippen LogP contribution in [0.5, 0.6) is 0 Å². The van der Waals surface area contributed by atoms with Crippen molar-refractivity contribution in [2.24, 2.45) is 0 Å². The normalized spacial score (nSPS) is 14.3. The Morgan fingerprint density at radius 3 is 2.38 bits per heavy atom. The number of nitro benzene ring substituents is 1.